The fourth-order valence-corrected chi connectivity index (χ4v) is 7.81. The van der Waals surface area contributed by atoms with Gasteiger partial charge in [0.2, 0.25) is 0 Å². The number of nitrogens with zero attached hydrogens (tertiary/aromatic N) is 2. The number of hydrogen-bond donors (Lipinski definition) is 2. The van der Waals surface area contributed by atoms with Crippen LogP contribution in [0.4, 0.5) is 0 Å². The molecule has 316 valence electrons. The van der Waals surface area contributed by atoms with E-state index >= 15 is 0 Å². The van der Waals surface area contributed by atoms with Crippen LogP contribution < -0.4 is 5.32 Å². The minimum atomic E-state index is 0. The Balaban J connectivity index is 0.00000211. The lowest BCUT2D eigenvalue weighted by Crippen LogP contribution is -2.10. The van der Waals surface area contributed by atoms with Gasteiger partial charge in [0.05, 0.1) is 17.1 Å². The van der Waals surface area contributed by atoms with Gasteiger partial charge in [-0.25, -0.2) is 4.99 Å². The number of H-pyrrole nitrogens is 1. The van der Waals surface area contributed by atoms with Crippen LogP contribution in [0.5, 0.6) is 0 Å². The topological polar surface area (TPSA) is 52.5 Å². The molecule has 3 aliphatic heterocycles. The molecule has 7 aliphatic rings. The summed E-state index contributed by atoms with van der Waals surface area (Å²) in [6, 6.07) is 0. The second-order valence-corrected chi connectivity index (χ2v) is 14.8. The van der Waals surface area contributed by atoms with E-state index in [9.17, 15) is 0 Å². The number of hydrogen-bond acceptors (Lipinski definition) is 3. The third-order valence-corrected chi connectivity index (χ3v) is 11.0. The summed E-state index contributed by atoms with van der Waals surface area (Å²) in [5, 5.41) is 3.64. The van der Waals surface area contributed by atoms with Gasteiger partial charge in [-0.3, -0.25) is 4.99 Å². The molecule has 1 aromatic heterocycles. The molecule has 8 rings (SSSR count). The zero-order chi connectivity index (χ0) is 39.8. The van der Waals surface area contributed by atoms with Crippen molar-refractivity contribution in [1.29, 1.82) is 0 Å². The lowest BCUT2D eigenvalue weighted by atomic mass is 9.96. The normalized spacial score (nSPS) is 22.9. The van der Waals surface area contributed by atoms with Crippen molar-refractivity contribution in [3.63, 3.8) is 0 Å². The van der Waals surface area contributed by atoms with E-state index in [0.29, 0.717) is 6.54 Å². The molecule has 62 heavy (non-hydrogen) atoms. The molecular formula is C58H64N4. The summed E-state index contributed by atoms with van der Waals surface area (Å²) in [6.45, 7) is 15.4. The molecular weight excluding hydrogens is 753 g/mol. The SMILES string of the molecule is C.C.C.C.C=CC1=C(/C=C2/C=CC=CC2)/C(=C/c2[nH]c(/C=C3N=C(/C=C4\NCC(C=C)=C4/C=C4/C=CC=CC4)C(C=C)=C\3/C=C3/C=CC=CC3)c(/C=C3/C=CC=CC3)c2C)N=C1. The molecule has 2 N–H and O–H groups in total. The van der Waals surface area contributed by atoms with Gasteiger partial charge in [-0.2, -0.15) is 0 Å². The van der Waals surface area contributed by atoms with Gasteiger partial charge in [-0.15, -0.1) is 0 Å². The van der Waals surface area contributed by atoms with Gasteiger partial charge in [0, 0.05) is 63.3 Å². The van der Waals surface area contributed by atoms with Gasteiger partial charge in [0.25, 0.3) is 0 Å². The summed E-state index contributed by atoms with van der Waals surface area (Å²) < 4.78 is 0. The van der Waals surface area contributed by atoms with Crippen LogP contribution in [-0.2, 0) is 0 Å². The third-order valence-electron chi connectivity index (χ3n) is 11.0. The molecule has 0 saturated heterocycles. The van der Waals surface area contributed by atoms with Gasteiger partial charge >= 0.3 is 0 Å². The second-order valence-electron chi connectivity index (χ2n) is 14.8. The third kappa shape index (κ3) is 10.5. The summed E-state index contributed by atoms with van der Waals surface area (Å²) in [5.41, 5.74) is 19.3. The minimum Gasteiger partial charge on any atom is -0.380 e. The van der Waals surface area contributed by atoms with Crippen molar-refractivity contribution in [3.8, 4) is 0 Å². The second kappa shape index (κ2) is 22.0. The molecule has 0 radical (unpaired) electrons. The van der Waals surface area contributed by atoms with Crippen molar-refractivity contribution < 1.29 is 0 Å². The lowest BCUT2D eigenvalue weighted by molar-refractivity contribution is 0.963. The van der Waals surface area contributed by atoms with E-state index in [4.69, 9.17) is 9.98 Å². The van der Waals surface area contributed by atoms with Crippen molar-refractivity contribution in [3.05, 3.63) is 255 Å². The first-order valence-corrected chi connectivity index (χ1v) is 20.0. The lowest BCUT2D eigenvalue weighted by Gasteiger charge is -2.08. The molecule has 0 amide bonds. The van der Waals surface area contributed by atoms with Crippen molar-refractivity contribution in [2.45, 2.75) is 62.3 Å². The van der Waals surface area contributed by atoms with E-state index in [0.717, 1.165) is 98.9 Å². The molecule has 4 nitrogen and oxygen atoms in total. The van der Waals surface area contributed by atoms with E-state index in [1.54, 1.807) is 0 Å². The van der Waals surface area contributed by atoms with Crippen molar-refractivity contribution in [2.24, 2.45) is 9.98 Å². The first kappa shape index (κ1) is 47.6. The maximum Gasteiger partial charge on any atom is 0.0737 e. The Bertz CT molecular complexity index is 2620. The van der Waals surface area contributed by atoms with Crippen LogP contribution in [0, 0.1) is 6.92 Å². The van der Waals surface area contributed by atoms with E-state index in [1.807, 2.05) is 24.4 Å². The first-order valence-electron chi connectivity index (χ1n) is 20.0. The number of rotatable bonds is 10. The predicted molar refractivity (Wildman–Crippen MR) is 276 cm³/mol. The van der Waals surface area contributed by atoms with Crippen LogP contribution in [-0.4, -0.2) is 23.5 Å². The zero-order valence-corrected chi connectivity index (χ0v) is 33.1. The van der Waals surface area contributed by atoms with Crippen LogP contribution in [0.1, 0.15) is 77.9 Å². The zero-order valence-electron chi connectivity index (χ0n) is 33.1. The van der Waals surface area contributed by atoms with Crippen LogP contribution in [0.2, 0.25) is 0 Å². The van der Waals surface area contributed by atoms with E-state index in [1.165, 1.54) is 27.9 Å². The fraction of sp³-hybridized carbons (Fsp3) is 0.172. The Hall–Kier alpha value is -7.04. The summed E-state index contributed by atoms with van der Waals surface area (Å²) >= 11 is 0. The molecule has 4 heterocycles. The van der Waals surface area contributed by atoms with Crippen LogP contribution >= 0.6 is 0 Å². The molecule has 4 heteroatoms. The Morgan fingerprint density at radius 1 is 0.532 bits per heavy atom. The van der Waals surface area contributed by atoms with Gasteiger partial charge in [-0.1, -0.05) is 165 Å². The van der Waals surface area contributed by atoms with Crippen molar-refractivity contribution in [2.75, 3.05) is 6.54 Å². The monoisotopic (exact) mass is 817 g/mol. The maximum absolute atomic E-state index is 5.40. The van der Waals surface area contributed by atoms with Gasteiger partial charge in [0.15, 0.2) is 0 Å². The van der Waals surface area contributed by atoms with Gasteiger partial charge in [-0.05, 0) is 109 Å². The molecule has 0 aromatic carbocycles. The number of nitrogens with one attached hydrogen (secondary N) is 2. The Morgan fingerprint density at radius 2 is 1.06 bits per heavy atom. The average molecular weight is 817 g/mol. The first-order chi connectivity index (χ1) is 28.5. The molecule has 0 unspecified atom stereocenters. The van der Waals surface area contributed by atoms with Gasteiger partial charge < -0.3 is 10.3 Å². The summed E-state index contributed by atoms with van der Waals surface area (Å²) in [5.74, 6) is 0. The largest absolute Gasteiger partial charge is 0.380 e. The summed E-state index contributed by atoms with van der Waals surface area (Å²) in [6.07, 6.45) is 61.0. The average Bonchev–Trinajstić information content (AvgIpc) is 4.00. The highest BCUT2D eigenvalue weighted by Gasteiger charge is 2.25. The number of aromatic nitrogens is 1. The maximum atomic E-state index is 5.40. The van der Waals surface area contributed by atoms with Crippen molar-refractivity contribution in [1.82, 2.24) is 10.3 Å². The molecule has 0 atom stereocenters. The summed E-state index contributed by atoms with van der Waals surface area (Å²) in [4.78, 5) is 14.1. The van der Waals surface area contributed by atoms with Crippen LogP contribution in [0.15, 0.2) is 242 Å². The number of allylic oxidation sites excluding steroid dienone is 28. The molecule has 0 saturated carbocycles. The van der Waals surface area contributed by atoms with Crippen molar-refractivity contribution >= 4 is 30.2 Å². The molecule has 0 bridgehead atoms. The Morgan fingerprint density at radius 3 is 1.58 bits per heavy atom. The quantitative estimate of drug-likeness (QED) is 0.243. The van der Waals surface area contributed by atoms with Crippen LogP contribution in [0.3, 0.4) is 0 Å². The standard InChI is InChI=1S/C54H48N4.4CH4/c1-5-42-35-55-50(46(42)29-39-22-14-9-15-23-39)32-49-37(4)45(28-38-20-12-8-13-21-38)53(57-49)34-54-48(31-41-26-18-11-19-27-41)44(7-3)52(58-54)33-51-47(43(6-2)36-56-51)30-40-24-16-10-17-25-40;;;;/h5-20,22,24,26,28-35,56-57H,1-3,21,23,25,27,36H2,4H3;4*1H4/b38-28-,39-29-,40-30-,41-31-,50-32-,51-33-,54-34-;;;;. The van der Waals surface area contributed by atoms with E-state index in [2.05, 4.69) is 177 Å². The van der Waals surface area contributed by atoms with E-state index < -0.39 is 0 Å². The summed E-state index contributed by atoms with van der Waals surface area (Å²) in [7, 11) is 0. The smallest absolute Gasteiger partial charge is 0.0737 e. The molecule has 0 fully saturated rings. The highest BCUT2D eigenvalue weighted by molar-refractivity contribution is 6.15. The highest BCUT2D eigenvalue weighted by Crippen LogP contribution is 2.37. The Kier molecular flexibility index (Phi) is 16.9. The molecule has 4 aliphatic carbocycles. The number of aliphatic imine (C=N–C) groups is 2. The Labute approximate surface area is 372 Å². The van der Waals surface area contributed by atoms with Crippen LogP contribution in [0.25, 0.3) is 18.2 Å². The highest BCUT2D eigenvalue weighted by atomic mass is 14.9. The minimum absolute atomic E-state index is 0. The van der Waals surface area contributed by atoms with Gasteiger partial charge in [0.1, 0.15) is 0 Å². The van der Waals surface area contributed by atoms with E-state index in [-0.39, 0.29) is 29.7 Å². The number of aromatic amines is 1. The fourth-order valence-electron chi connectivity index (χ4n) is 7.81. The predicted octanol–water partition coefficient (Wildman–Crippen LogP) is 15.3. The molecule has 0 spiro atoms. The molecule has 1 aromatic rings.